The molecule has 22 heavy (non-hydrogen) atoms. The van der Waals surface area contributed by atoms with Crippen LogP contribution in [-0.4, -0.2) is 27.1 Å². The van der Waals surface area contributed by atoms with Crippen LogP contribution in [0.25, 0.3) is 6.08 Å². The van der Waals surface area contributed by atoms with Crippen LogP contribution in [0.3, 0.4) is 0 Å². The summed E-state index contributed by atoms with van der Waals surface area (Å²) in [6, 6.07) is 6.66. The number of thiocarbonyl (C=S) groups is 1. The molecule has 1 aliphatic rings. The number of rotatable bonds is 4. The zero-order valence-corrected chi connectivity index (χ0v) is 14.2. The summed E-state index contributed by atoms with van der Waals surface area (Å²) in [7, 11) is 0. The molecule has 0 spiro atoms. The molecule has 0 aliphatic carbocycles. The lowest BCUT2D eigenvalue weighted by Gasteiger charge is -2.30. The number of aliphatic carboxylic acids is 1. The number of aryl methyl sites for hydroxylation is 1. The second-order valence-electron chi connectivity index (χ2n) is 5.47. The fourth-order valence-electron chi connectivity index (χ4n) is 2.31. The van der Waals surface area contributed by atoms with E-state index in [0.29, 0.717) is 4.91 Å². The topological polar surface area (TPSA) is 60.4 Å². The highest BCUT2D eigenvalue weighted by molar-refractivity contribution is 8.26. The Bertz CT molecular complexity index is 667. The van der Waals surface area contributed by atoms with Crippen LogP contribution in [0.15, 0.2) is 29.2 Å². The van der Waals surface area contributed by atoms with E-state index in [0.717, 1.165) is 27.8 Å². The molecule has 1 atom stereocenters. The maximum Gasteiger partial charge on any atom is 0.266 e. The lowest BCUT2D eigenvalue weighted by atomic mass is 10.0. The summed E-state index contributed by atoms with van der Waals surface area (Å²) < 4.78 is 0.256. The number of nitrogens with zero attached hydrogens (tertiary/aromatic N) is 1. The summed E-state index contributed by atoms with van der Waals surface area (Å²) in [6.07, 6.45) is 1.74. The van der Waals surface area contributed by atoms with E-state index in [4.69, 9.17) is 12.2 Å². The standard InChI is InChI=1S/C16H17NO3S2/c1-9(2)13(15(19)20)17-14(18)12(22-16(17)21)8-11-6-4-5-10(3)7-11/h4-9,13H,1-3H3,(H,19,20)/p-1/b12-8-/t13-/m1/s1. The SMILES string of the molecule is Cc1cccc(/C=C2\SC(=S)N([C@@H](C(=O)[O-])C(C)C)C2=O)c1. The van der Waals surface area contributed by atoms with Crippen molar-refractivity contribution >= 4 is 46.3 Å². The first-order valence-electron chi connectivity index (χ1n) is 6.86. The van der Waals surface area contributed by atoms with Gasteiger partial charge in [0.1, 0.15) is 4.32 Å². The zero-order chi connectivity index (χ0) is 16.4. The summed E-state index contributed by atoms with van der Waals surface area (Å²) in [4.78, 5) is 25.4. The van der Waals surface area contributed by atoms with Gasteiger partial charge in [0.2, 0.25) is 0 Å². The van der Waals surface area contributed by atoms with Gasteiger partial charge in [-0.25, -0.2) is 0 Å². The van der Waals surface area contributed by atoms with Crippen molar-refractivity contribution in [3.8, 4) is 0 Å². The molecule has 1 aromatic rings. The summed E-state index contributed by atoms with van der Waals surface area (Å²) in [5, 5.41) is 11.3. The Labute approximate surface area is 139 Å². The molecule has 0 N–H and O–H groups in total. The van der Waals surface area contributed by atoms with Crippen LogP contribution in [0.2, 0.25) is 0 Å². The predicted molar refractivity (Wildman–Crippen MR) is 89.8 cm³/mol. The number of thioether (sulfide) groups is 1. The smallest absolute Gasteiger partial charge is 0.266 e. The Morgan fingerprint density at radius 2 is 2.09 bits per heavy atom. The van der Waals surface area contributed by atoms with Crippen molar-refractivity contribution in [1.82, 2.24) is 4.90 Å². The molecule has 6 heteroatoms. The molecule has 2 rings (SSSR count). The molecule has 0 aromatic heterocycles. The molecule has 0 unspecified atom stereocenters. The van der Waals surface area contributed by atoms with Crippen LogP contribution < -0.4 is 5.11 Å². The van der Waals surface area contributed by atoms with Crippen molar-refractivity contribution < 1.29 is 14.7 Å². The lowest BCUT2D eigenvalue weighted by molar-refractivity contribution is -0.311. The third kappa shape index (κ3) is 3.39. The molecule has 1 amide bonds. The number of hydrogen-bond donors (Lipinski definition) is 0. The highest BCUT2D eigenvalue weighted by Crippen LogP contribution is 2.35. The molecule has 1 aromatic carbocycles. The van der Waals surface area contributed by atoms with Gasteiger partial charge >= 0.3 is 0 Å². The van der Waals surface area contributed by atoms with E-state index >= 15 is 0 Å². The van der Waals surface area contributed by atoms with E-state index in [1.165, 1.54) is 0 Å². The van der Waals surface area contributed by atoms with Gasteiger partial charge in [0.15, 0.2) is 0 Å². The lowest BCUT2D eigenvalue weighted by Crippen LogP contribution is -2.52. The average Bonchev–Trinajstić information content (AvgIpc) is 2.66. The Morgan fingerprint density at radius 1 is 1.41 bits per heavy atom. The Hall–Kier alpha value is -1.66. The fraction of sp³-hybridized carbons (Fsp3) is 0.312. The molecular formula is C16H16NO3S2-. The number of carbonyl (C=O) groups is 2. The molecule has 1 fully saturated rings. The first kappa shape index (κ1) is 16.7. The van der Waals surface area contributed by atoms with Crippen molar-refractivity contribution in [2.24, 2.45) is 5.92 Å². The minimum Gasteiger partial charge on any atom is -0.548 e. The number of benzene rings is 1. The summed E-state index contributed by atoms with van der Waals surface area (Å²) in [5.74, 6) is -1.95. The number of hydrogen-bond acceptors (Lipinski definition) is 5. The number of amides is 1. The summed E-state index contributed by atoms with van der Waals surface area (Å²) >= 11 is 6.31. The van der Waals surface area contributed by atoms with Crippen LogP contribution in [0.1, 0.15) is 25.0 Å². The van der Waals surface area contributed by atoms with Crippen molar-refractivity contribution in [3.05, 3.63) is 40.3 Å². The van der Waals surface area contributed by atoms with Gasteiger partial charge in [-0.3, -0.25) is 9.69 Å². The first-order chi connectivity index (χ1) is 10.3. The minimum absolute atomic E-state index is 0.256. The van der Waals surface area contributed by atoms with Gasteiger partial charge in [-0.2, -0.15) is 0 Å². The van der Waals surface area contributed by atoms with Crippen LogP contribution in [0.4, 0.5) is 0 Å². The second-order valence-corrected chi connectivity index (χ2v) is 7.15. The molecule has 0 bridgehead atoms. The van der Waals surface area contributed by atoms with Crippen molar-refractivity contribution in [3.63, 3.8) is 0 Å². The summed E-state index contributed by atoms with van der Waals surface area (Å²) in [5.41, 5.74) is 1.97. The Morgan fingerprint density at radius 3 is 2.64 bits per heavy atom. The van der Waals surface area contributed by atoms with Gasteiger partial charge in [-0.15, -0.1) is 0 Å². The first-order valence-corrected chi connectivity index (χ1v) is 8.08. The van der Waals surface area contributed by atoms with E-state index in [2.05, 4.69) is 0 Å². The normalized spacial score (nSPS) is 18.4. The number of carboxylic acid groups (broad SMARTS) is 1. The third-order valence-electron chi connectivity index (χ3n) is 3.31. The third-order valence-corrected chi connectivity index (χ3v) is 4.64. The fourth-order valence-corrected chi connectivity index (χ4v) is 3.64. The second kappa shape index (κ2) is 6.62. The van der Waals surface area contributed by atoms with Gasteiger partial charge in [-0.1, -0.05) is 67.7 Å². The van der Waals surface area contributed by atoms with E-state index in [-0.39, 0.29) is 16.1 Å². The maximum absolute atomic E-state index is 12.5. The van der Waals surface area contributed by atoms with Crippen LogP contribution in [-0.2, 0) is 9.59 Å². The molecule has 0 radical (unpaired) electrons. The van der Waals surface area contributed by atoms with E-state index in [9.17, 15) is 14.7 Å². The van der Waals surface area contributed by atoms with E-state index < -0.39 is 12.0 Å². The van der Waals surface area contributed by atoms with Crippen LogP contribution in [0, 0.1) is 12.8 Å². The molecule has 4 nitrogen and oxygen atoms in total. The van der Waals surface area contributed by atoms with Crippen molar-refractivity contribution in [2.45, 2.75) is 26.8 Å². The molecule has 1 aliphatic heterocycles. The van der Waals surface area contributed by atoms with E-state index in [1.807, 2.05) is 31.2 Å². The minimum atomic E-state index is -1.29. The highest BCUT2D eigenvalue weighted by Gasteiger charge is 2.38. The number of carbonyl (C=O) groups excluding carboxylic acids is 2. The monoisotopic (exact) mass is 334 g/mol. The Kier molecular flexibility index (Phi) is 5.03. The summed E-state index contributed by atoms with van der Waals surface area (Å²) in [6.45, 7) is 5.42. The van der Waals surface area contributed by atoms with Crippen LogP contribution >= 0.6 is 24.0 Å². The number of carboxylic acids is 1. The van der Waals surface area contributed by atoms with Gasteiger partial charge < -0.3 is 9.90 Å². The molecule has 1 heterocycles. The molecule has 1 saturated heterocycles. The van der Waals surface area contributed by atoms with Crippen molar-refractivity contribution in [1.29, 1.82) is 0 Å². The largest absolute Gasteiger partial charge is 0.548 e. The molecular weight excluding hydrogens is 318 g/mol. The quantitative estimate of drug-likeness (QED) is 0.622. The van der Waals surface area contributed by atoms with Gasteiger partial charge in [0, 0.05) is 0 Å². The highest BCUT2D eigenvalue weighted by atomic mass is 32.2. The molecule has 116 valence electrons. The Balaban J connectivity index is 2.34. The maximum atomic E-state index is 12.5. The van der Waals surface area contributed by atoms with Gasteiger partial charge in [0.05, 0.1) is 16.9 Å². The van der Waals surface area contributed by atoms with E-state index in [1.54, 1.807) is 19.9 Å². The average molecular weight is 334 g/mol. The zero-order valence-electron chi connectivity index (χ0n) is 12.5. The van der Waals surface area contributed by atoms with Crippen LogP contribution in [0.5, 0.6) is 0 Å². The van der Waals surface area contributed by atoms with Gasteiger partial charge in [0.25, 0.3) is 5.91 Å². The molecule has 0 saturated carbocycles. The van der Waals surface area contributed by atoms with Crippen molar-refractivity contribution in [2.75, 3.05) is 0 Å². The van der Waals surface area contributed by atoms with Gasteiger partial charge in [-0.05, 0) is 24.5 Å². The predicted octanol–water partition coefficient (Wildman–Crippen LogP) is 1.97.